The van der Waals surface area contributed by atoms with E-state index in [0.29, 0.717) is 30.4 Å². The predicted molar refractivity (Wildman–Crippen MR) is 114 cm³/mol. The van der Waals surface area contributed by atoms with E-state index in [0.717, 1.165) is 16.7 Å². The first-order chi connectivity index (χ1) is 15.4. The molecule has 0 bridgehead atoms. The normalized spacial score (nSPS) is 12.7. The first-order valence-electron chi connectivity index (χ1n) is 9.73. The summed E-state index contributed by atoms with van der Waals surface area (Å²) in [7, 11) is 1.60. The molecule has 3 heterocycles. The number of nitrogens with one attached hydrogen (secondary N) is 2. The van der Waals surface area contributed by atoms with E-state index in [1.165, 1.54) is 22.9 Å². The molecule has 0 saturated heterocycles. The maximum Gasteiger partial charge on any atom is 0.333 e. The number of hydrogen-bond acceptors (Lipinski definition) is 5. The van der Waals surface area contributed by atoms with Crippen LogP contribution in [0.1, 0.15) is 10.4 Å². The molecule has 0 saturated carbocycles. The second-order valence-electron chi connectivity index (χ2n) is 7.24. The minimum atomic E-state index is -0.742. The summed E-state index contributed by atoms with van der Waals surface area (Å²) in [5.41, 5.74) is -0.332. The predicted octanol–water partition coefficient (Wildman–Crippen LogP) is 2.18. The maximum atomic E-state index is 13.2. The lowest BCUT2D eigenvalue weighted by Gasteiger charge is -2.18. The largest absolute Gasteiger partial charge is 0.486 e. The van der Waals surface area contributed by atoms with Gasteiger partial charge in [-0.05, 0) is 36.4 Å². The molecule has 0 radical (unpaired) electrons. The topological polar surface area (TPSA) is 107 Å². The van der Waals surface area contributed by atoms with Crippen molar-refractivity contribution in [2.45, 2.75) is 0 Å². The number of hydrogen-bond donors (Lipinski definition) is 2. The van der Waals surface area contributed by atoms with Gasteiger partial charge in [0.2, 0.25) is 0 Å². The molecule has 2 N–H and O–H groups in total. The number of ether oxygens (including phenoxy) is 2. The molecule has 0 fully saturated rings. The molecule has 1 aliphatic heterocycles. The molecule has 0 atom stereocenters. The molecular weight excluding hydrogens is 419 g/mol. The van der Waals surface area contributed by atoms with Gasteiger partial charge < -0.3 is 24.3 Å². The van der Waals surface area contributed by atoms with E-state index in [1.807, 2.05) is 0 Å². The quantitative estimate of drug-likeness (QED) is 0.512. The molecule has 9 nitrogen and oxygen atoms in total. The number of carbonyl (C=O) groups excluding carboxylic acids is 1. The highest BCUT2D eigenvalue weighted by Crippen LogP contribution is 2.32. The number of H-pyrrole nitrogens is 1. The van der Waals surface area contributed by atoms with Gasteiger partial charge in [0.15, 0.2) is 11.5 Å². The second kappa shape index (κ2) is 7.41. The van der Waals surface area contributed by atoms with Crippen LogP contribution in [0.15, 0.2) is 58.3 Å². The van der Waals surface area contributed by atoms with Gasteiger partial charge in [0.25, 0.3) is 11.5 Å². The van der Waals surface area contributed by atoms with Gasteiger partial charge >= 0.3 is 5.69 Å². The fourth-order valence-electron chi connectivity index (χ4n) is 3.69. The number of benzene rings is 2. The summed E-state index contributed by atoms with van der Waals surface area (Å²) in [6, 6.07) is 9.97. The van der Waals surface area contributed by atoms with Crippen molar-refractivity contribution in [1.29, 1.82) is 0 Å². The molecular formula is C22H17FN4O5. The summed E-state index contributed by atoms with van der Waals surface area (Å²) in [5.74, 6) is 0.103. The van der Waals surface area contributed by atoms with Gasteiger partial charge in [0.1, 0.15) is 24.5 Å². The van der Waals surface area contributed by atoms with E-state index in [1.54, 1.807) is 25.2 Å². The second-order valence-corrected chi connectivity index (χ2v) is 7.24. The Hall–Kier alpha value is -4.34. The zero-order chi connectivity index (χ0) is 22.4. The number of carbonyl (C=O) groups is 1. The molecule has 32 heavy (non-hydrogen) atoms. The van der Waals surface area contributed by atoms with Crippen molar-refractivity contribution in [2.24, 2.45) is 7.05 Å². The Morgan fingerprint density at radius 1 is 1.06 bits per heavy atom. The molecule has 4 aromatic rings. The third-order valence-electron chi connectivity index (χ3n) is 5.15. The summed E-state index contributed by atoms with van der Waals surface area (Å²) in [5, 5.41) is 2.74. The van der Waals surface area contributed by atoms with Gasteiger partial charge in [-0.2, -0.15) is 0 Å². The third-order valence-corrected chi connectivity index (χ3v) is 5.15. The Labute approximate surface area is 179 Å². The molecule has 10 heteroatoms. The molecule has 2 aromatic heterocycles. The number of aromatic nitrogens is 3. The molecule has 1 aliphatic rings. The zero-order valence-electron chi connectivity index (χ0n) is 16.8. The van der Waals surface area contributed by atoms with Gasteiger partial charge in [0.05, 0.1) is 16.8 Å². The molecule has 0 aliphatic carbocycles. The van der Waals surface area contributed by atoms with Crippen molar-refractivity contribution < 1.29 is 18.7 Å². The van der Waals surface area contributed by atoms with Gasteiger partial charge in [-0.25, -0.2) is 13.8 Å². The molecule has 5 rings (SSSR count). The molecule has 2 aromatic carbocycles. The number of anilines is 1. The first-order valence-corrected chi connectivity index (χ1v) is 9.73. The maximum absolute atomic E-state index is 13.2. The van der Waals surface area contributed by atoms with Crippen LogP contribution in [-0.4, -0.2) is 33.2 Å². The number of amides is 1. The summed E-state index contributed by atoms with van der Waals surface area (Å²) in [6.45, 7) is 0.868. The number of aromatic amines is 1. The Morgan fingerprint density at radius 2 is 1.78 bits per heavy atom. The van der Waals surface area contributed by atoms with E-state index in [2.05, 4.69) is 10.3 Å². The van der Waals surface area contributed by atoms with E-state index in [-0.39, 0.29) is 22.3 Å². The standard InChI is InChI=1S/C22H17FN4O5/c1-26-11-15(20(28)24-13-4-7-16-17(10-13)32-9-8-31-16)18-19(26)21(29)27(22(30)25-18)14-5-2-12(23)3-6-14/h2-7,10-11H,8-9H2,1H3,(H,24,28)(H,25,30). The van der Waals surface area contributed by atoms with Crippen LogP contribution in [-0.2, 0) is 7.05 Å². The lowest BCUT2D eigenvalue weighted by atomic mass is 10.2. The fraction of sp³-hybridized carbons (Fsp3) is 0.136. The third kappa shape index (κ3) is 3.22. The van der Waals surface area contributed by atoms with E-state index < -0.39 is 23.0 Å². The molecule has 0 spiro atoms. The van der Waals surface area contributed by atoms with Crippen molar-refractivity contribution >= 4 is 22.6 Å². The van der Waals surface area contributed by atoms with Crippen LogP contribution in [0.3, 0.4) is 0 Å². The summed E-state index contributed by atoms with van der Waals surface area (Å²) < 4.78 is 26.6. The van der Waals surface area contributed by atoms with Crippen LogP contribution in [0.25, 0.3) is 16.7 Å². The highest BCUT2D eigenvalue weighted by molar-refractivity contribution is 6.11. The number of fused-ring (bicyclic) bond motifs is 2. The van der Waals surface area contributed by atoms with Crippen LogP contribution in [0.4, 0.5) is 10.1 Å². The SMILES string of the molecule is Cn1cc(C(=O)Nc2ccc3c(c2)OCCO3)c2[nH]c(=O)n(-c3ccc(F)cc3)c(=O)c21. The van der Waals surface area contributed by atoms with Crippen LogP contribution in [0, 0.1) is 5.82 Å². The average molecular weight is 436 g/mol. The van der Waals surface area contributed by atoms with Crippen molar-refractivity contribution in [2.75, 3.05) is 18.5 Å². The van der Waals surface area contributed by atoms with Crippen molar-refractivity contribution in [3.05, 3.63) is 80.9 Å². The summed E-state index contributed by atoms with van der Waals surface area (Å²) in [6.07, 6.45) is 1.46. The molecule has 162 valence electrons. The van der Waals surface area contributed by atoms with Crippen LogP contribution in [0.2, 0.25) is 0 Å². The van der Waals surface area contributed by atoms with E-state index in [4.69, 9.17) is 9.47 Å². The zero-order valence-corrected chi connectivity index (χ0v) is 16.8. The van der Waals surface area contributed by atoms with Gasteiger partial charge in [0, 0.05) is 25.0 Å². The molecule has 0 unspecified atom stereocenters. The summed E-state index contributed by atoms with van der Waals surface area (Å²) >= 11 is 0. The Kier molecular flexibility index (Phi) is 4.54. The average Bonchev–Trinajstić information content (AvgIpc) is 3.11. The Morgan fingerprint density at radius 3 is 2.53 bits per heavy atom. The van der Waals surface area contributed by atoms with Gasteiger partial charge in [-0.3, -0.25) is 9.59 Å². The monoisotopic (exact) mass is 436 g/mol. The van der Waals surface area contributed by atoms with Crippen LogP contribution >= 0.6 is 0 Å². The summed E-state index contributed by atoms with van der Waals surface area (Å²) in [4.78, 5) is 41.3. The minimum absolute atomic E-state index is 0.107. The number of halogens is 1. The van der Waals surface area contributed by atoms with E-state index >= 15 is 0 Å². The minimum Gasteiger partial charge on any atom is -0.486 e. The highest BCUT2D eigenvalue weighted by Gasteiger charge is 2.21. The number of aryl methyl sites for hydroxylation is 1. The highest BCUT2D eigenvalue weighted by atomic mass is 19.1. The smallest absolute Gasteiger partial charge is 0.333 e. The lowest BCUT2D eigenvalue weighted by Crippen LogP contribution is -2.34. The Bertz CT molecular complexity index is 1480. The number of nitrogens with zero attached hydrogens (tertiary/aromatic N) is 2. The van der Waals surface area contributed by atoms with Gasteiger partial charge in [-0.1, -0.05) is 0 Å². The Balaban J connectivity index is 1.55. The lowest BCUT2D eigenvalue weighted by molar-refractivity contribution is 0.102. The van der Waals surface area contributed by atoms with Crippen LogP contribution in [0.5, 0.6) is 11.5 Å². The van der Waals surface area contributed by atoms with Gasteiger partial charge in [-0.15, -0.1) is 0 Å². The van der Waals surface area contributed by atoms with E-state index in [9.17, 15) is 18.8 Å². The van der Waals surface area contributed by atoms with Crippen molar-refractivity contribution in [3.8, 4) is 17.2 Å². The van der Waals surface area contributed by atoms with Crippen molar-refractivity contribution in [1.82, 2.24) is 14.1 Å². The first kappa shape index (κ1) is 19.6. The van der Waals surface area contributed by atoms with Crippen molar-refractivity contribution in [3.63, 3.8) is 0 Å². The number of rotatable bonds is 3. The van der Waals surface area contributed by atoms with Crippen LogP contribution < -0.4 is 26.0 Å². The fourth-order valence-corrected chi connectivity index (χ4v) is 3.69. The molecule has 1 amide bonds.